The predicted octanol–water partition coefficient (Wildman–Crippen LogP) is 4.24. The van der Waals surface area contributed by atoms with Crippen LogP contribution in [0.25, 0.3) is 0 Å². The van der Waals surface area contributed by atoms with E-state index in [0.717, 1.165) is 40.9 Å². The lowest BCUT2D eigenvalue weighted by molar-refractivity contribution is 0.604. The molecule has 1 aliphatic heterocycles. The normalized spacial score (nSPS) is 14.5. The van der Waals surface area contributed by atoms with Crippen molar-refractivity contribution in [2.75, 3.05) is 18.0 Å². The third kappa shape index (κ3) is 4.19. The van der Waals surface area contributed by atoms with E-state index in [0.29, 0.717) is 11.8 Å². The minimum absolute atomic E-state index is 0.186. The van der Waals surface area contributed by atoms with Crippen molar-refractivity contribution in [3.63, 3.8) is 0 Å². The molecule has 134 valence electrons. The van der Waals surface area contributed by atoms with Crippen LogP contribution in [0.4, 0.5) is 10.3 Å². The van der Waals surface area contributed by atoms with Crippen LogP contribution in [0.3, 0.4) is 0 Å². The summed E-state index contributed by atoms with van der Waals surface area (Å²) in [7, 11) is 0. The van der Waals surface area contributed by atoms with Crippen LogP contribution >= 0.6 is 23.4 Å². The Morgan fingerprint density at radius 3 is 2.46 bits per heavy atom. The fourth-order valence-corrected chi connectivity index (χ4v) is 4.10. The molecule has 0 radical (unpaired) electrons. The number of thioether (sulfide) groups is 1. The molecule has 26 heavy (non-hydrogen) atoms. The number of hydrogen-bond acceptors (Lipinski definition) is 4. The number of halogens is 2. The molecule has 1 aliphatic rings. The predicted molar refractivity (Wildman–Crippen MR) is 104 cm³/mol. The van der Waals surface area contributed by atoms with E-state index in [-0.39, 0.29) is 5.82 Å². The van der Waals surface area contributed by atoms with Gasteiger partial charge in [-0.1, -0.05) is 35.9 Å². The number of rotatable bonds is 6. The first-order chi connectivity index (χ1) is 12.7. The van der Waals surface area contributed by atoms with Crippen molar-refractivity contribution >= 4 is 29.3 Å². The van der Waals surface area contributed by atoms with E-state index in [9.17, 15) is 4.39 Å². The smallest absolute Gasteiger partial charge is 0.244 e. The van der Waals surface area contributed by atoms with Gasteiger partial charge in [0.05, 0.1) is 6.54 Å². The molecule has 0 bridgehead atoms. The second kappa shape index (κ2) is 7.68. The van der Waals surface area contributed by atoms with Crippen LogP contribution in [0.5, 0.6) is 0 Å². The molecule has 0 spiro atoms. The first-order valence-corrected chi connectivity index (χ1v) is 9.83. The first-order valence-electron chi connectivity index (χ1n) is 8.40. The Hall–Kier alpha value is -2.05. The fourth-order valence-electron chi connectivity index (χ4n) is 2.78. The Morgan fingerprint density at radius 2 is 1.73 bits per heavy atom. The molecule has 0 atom stereocenters. The number of nitrogens with zero attached hydrogens (tertiary/aromatic N) is 4. The van der Waals surface area contributed by atoms with Gasteiger partial charge in [-0.3, -0.25) is 0 Å². The molecular weight excluding hydrogens is 371 g/mol. The van der Waals surface area contributed by atoms with Crippen LogP contribution < -0.4 is 4.90 Å². The van der Waals surface area contributed by atoms with E-state index >= 15 is 0 Å². The lowest BCUT2D eigenvalue weighted by Gasteiger charge is -2.38. The zero-order valence-electron chi connectivity index (χ0n) is 14.1. The van der Waals surface area contributed by atoms with Crippen molar-refractivity contribution < 1.29 is 4.39 Å². The van der Waals surface area contributed by atoms with Crippen molar-refractivity contribution in [2.24, 2.45) is 0 Å². The van der Waals surface area contributed by atoms with E-state index in [1.54, 1.807) is 6.33 Å². The minimum Gasteiger partial charge on any atom is -0.337 e. The van der Waals surface area contributed by atoms with Gasteiger partial charge in [-0.2, -0.15) is 11.8 Å². The summed E-state index contributed by atoms with van der Waals surface area (Å²) < 4.78 is 14.8. The SMILES string of the molecule is Fc1ccc(CSC2CN(c3ncn(Cc4ccc(Cl)cc4)n3)C2)cc1. The highest BCUT2D eigenvalue weighted by atomic mass is 35.5. The van der Waals surface area contributed by atoms with Gasteiger partial charge in [-0.15, -0.1) is 5.10 Å². The van der Waals surface area contributed by atoms with E-state index in [2.05, 4.69) is 15.0 Å². The lowest BCUT2D eigenvalue weighted by Crippen LogP contribution is -2.49. The molecule has 0 aliphatic carbocycles. The monoisotopic (exact) mass is 388 g/mol. The first kappa shape index (κ1) is 17.4. The number of benzene rings is 2. The Kier molecular flexibility index (Phi) is 5.13. The van der Waals surface area contributed by atoms with Gasteiger partial charge in [0.25, 0.3) is 0 Å². The molecule has 4 nitrogen and oxygen atoms in total. The minimum atomic E-state index is -0.186. The van der Waals surface area contributed by atoms with Gasteiger partial charge in [-0.25, -0.2) is 14.1 Å². The van der Waals surface area contributed by atoms with E-state index in [4.69, 9.17) is 11.6 Å². The molecule has 7 heteroatoms. The number of anilines is 1. The number of hydrogen-bond donors (Lipinski definition) is 0. The maximum Gasteiger partial charge on any atom is 0.244 e. The molecule has 0 amide bonds. The van der Waals surface area contributed by atoms with Crippen molar-refractivity contribution in [1.29, 1.82) is 0 Å². The van der Waals surface area contributed by atoms with Crippen LogP contribution in [0.1, 0.15) is 11.1 Å². The van der Waals surface area contributed by atoms with Gasteiger partial charge in [0.2, 0.25) is 5.95 Å². The summed E-state index contributed by atoms with van der Waals surface area (Å²) in [5.41, 5.74) is 2.29. The molecule has 0 unspecified atom stereocenters. The molecule has 3 aromatic rings. The Balaban J connectivity index is 1.26. The van der Waals surface area contributed by atoms with Crippen molar-refractivity contribution in [3.05, 3.63) is 76.8 Å². The van der Waals surface area contributed by atoms with Gasteiger partial charge >= 0.3 is 0 Å². The fraction of sp³-hybridized carbons (Fsp3) is 0.263. The van der Waals surface area contributed by atoms with Crippen molar-refractivity contribution in [1.82, 2.24) is 14.8 Å². The van der Waals surface area contributed by atoms with Crippen molar-refractivity contribution in [3.8, 4) is 0 Å². The Bertz CT molecular complexity index is 860. The van der Waals surface area contributed by atoms with Gasteiger partial charge < -0.3 is 4.90 Å². The molecule has 1 aromatic heterocycles. The van der Waals surface area contributed by atoms with E-state index in [1.165, 1.54) is 12.1 Å². The highest BCUT2D eigenvalue weighted by Gasteiger charge is 2.29. The average Bonchev–Trinajstić information content (AvgIpc) is 3.05. The third-order valence-corrected chi connectivity index (χ3v) is 5.83. The van der Waals surface area contributed by atoms with E-state index in [1.807, 2.05) is 52.8 Å². The molecule has 2 aromatic carbocycles. The molecule has 4 rings (SSSR count). The average molecular weight is 389 g/mol. The summed E-state index contributed by atoms with van der Waals surface area (Å²) in [4.78, 5) is 6.60. The quantitative estimate of drug-likeness (QED) is 0.632. The zero-order chi connectivity index (χ0) is 17.9. The van der Waals surface area contributed by atoms with Gasteiger partial charge in [-0.05, 0) is 35.4 Å². The molecule has 0 N–H and O–H groups in total. The van der Waals surface area contributed by atoms with Crippen LogP contribution in [0.15, 0.2) is 54.9 Å². The van der Waals surface area contributed by atoms with Gasteiger partial charge in [0.15, 0.2) is 0 Å². The highest BCUT2D eigenvalue weighted by molar-refractivity contribution is 7.99. The van der Waals surface area contributed by atoms with Crippen LogP contribution in [-0.2, 0) is 12.3 Å². The summed E-state index contributed by atoms with van der Waals surface area (Å²) in [6.07, 6.45) is 1.77. The summed E-state index contributed by atoms with van der Waals surface area (Å²) in [6.45, 7) is 2.56. The Morgan fingerprint density at radius 1 is 1.04 bits per heavy atom. The Labute approximate surface area is 161 Å². The molecule has 2 heterocycles. The summed E-state index contributed by atoms with van der Waals surface area (Å²) >= 11 is 7.80. The topological polar surface area (TPSA) is 34.0 Å². The summed E-state index contributed by atoms with van der Waals surface area (Å²) in [5.74, 6) is 1.49. The molecular formula is C19H18ClFN4S. The third-order valence-electron chi connectivity index (χ3n) is 4.31. The summed E-state index contributed by atoms with van der Waals surface area (Å²) in [5, 5.41) is 5.85. The highest BCUT2D eigenvalue weighted by Crippen LogP contribution is 2.28. The van der Waals surface area contributed by atoms with E-state index < -0.39 is 0 Å². The standard InChI is InChI=1S/C19H18ClFN4S/c20-16-5-1-14(2-6-16)9-25-13-22-19(23-25)24-10-18(11-24)26-12-15-3-7-17(21)8-4-15/h1-8,13,18H,9-12H2. The van der Waals surface area contributed by atoms with Crippen LogP contribution in [0, 0.1) is 5.82 Å². The summed E-state index contributed by atoms with van der Waals surface area (Å²) in [6, 6.07) is 14.5. The zero-order valence-corrected chi connectivity index (χ0v) is 15.6. The largest absolute Gasteiger partial charge is 0.337 e. The maximum atomic E-state index is 12.9. The second-order valence-electron chi connectivity index (χ2n) is 6.33. The maximum absolute atomic E-state index is 12.9. The van der Waals surface area contributed by atoms with Gasteiger partial charge in [0.1, 0.15) is 12.1 Å². The van der Waals surface area contributed by atoms with Crippen LogP contribution in [0.2, 0.25) is 5.02 Å². The molecule has 1 saturated heterocycles. The lowest BCUT2D eigenvalue weighted by atomic mass is 10.2. The molecule has 0 saturated carbocycles. The van der Waals surface area contributed by atoms with Gasteiger partial charge in [0, 0.05) is 29.1 Å². The second-order valence-corrected chi connectivity index (χ2v) is 8.06. The molecule has 1 fully saturated rings. The number of aromatic nitrogens is 3. The van der Waals surface area contributed by atoms with Crippen molar-refractivity contribution in [2.45, 2.75) is 17.5 Å². The van der Waals surface area contributed by atoms with Crippen LogP contribution in [-0.4, -0.2) is 33.1 Å².